The van der Waals surface area contributed by atoms with Crippen LogP contribution in [0.1, 0.15) is 0 Å². The molecule has 0 radical (unpaired) electrons. The lowest BCUT2D eigenvalue weighted by molar-refractivity contribution is 0.669. The molecule has 296 valence electrons. The number of fused-ring (bicyclic) bond motifs is 6. The molecule has 3 heteroatoms. The molecule has 0 aliphatic carbocycles. The van der Waals surface area contributed by atoms with E-state index in [4.69, 9.17) is 4.42 Å². The third-order valence-electron chi connectivity index (χ3n) is 12.5. The van der Waals surface area contributed by atoms with Crippen molar-refractivity contribution >= 4 is 60.8 Å². The molecule has 10 aromatic carbocycles. The molecule has 0 saturated carbocycles. The van der Waals surface area contributed by atoms with Gasteiger partial charge in [-0.15, -0.1) is 0 Å². The Morgan fingerprint density at radius 3 is 1.22 bits per heavy atom. The maximum absolute atomic E-state index is 6.25. The van der Waals surface area contributed by atoms with Crippen molar-refractivity contribution in [1.82, 2.24) is 4.57 Å². The van der Waals surface area contributed by atoms with Gasteiger partial charge in [0.15, 0.2) is 0 Å². The van der Waals surface area contributed by atoms with Gasteiger partial charge in [0.2, 0.25) is 0 Å². The van der Waals surface area contributed by atoms with Crippen molar-refractivity contribution in [2.45, 2.75) is 0 Å². The van der Waals surface area contributed by atoms with Gasteiger partial charge < -0.3 is 13.9 Å². The Hall–Kier alpha value is -8.40. The van der Waals surface area contributed by atoms with Crippen molar-refractivity contribution in [3.05, 3.63) is 243 Å². The molecule has 0 aliphatic heterocycles. The number of hydrogen-bond acceptors (Lipinski definition) is 2. The lowest BCUT2D eigenvalue weighted by Gasteiger charge is -2.26. The van der Waals surface area contributed by atoms with Crippen LogP contribution in [0.2, 0.25) is 0 Å². The Morgan fingerprint density at radius 2 is 0.683 bits per heavy atom. The van der Waals surface area contributed by atoms with Crippen LogP contribution in [0.25, 0.3) is 93.9 Å². The number of furan rings is 1. The summed E-state index contributed by atoms with van der Waals surface area (Å²) in [6.07, 6.45) is 0. The second-order valence-corrected chi connectivity index (χ2v) is 16.1. The fraction of sp³-hybridized carbons (Fsp3) is 0. The summed E-state index contributed by atoms with van der Waals surface area (Å²) in [5, 5.41) is 4.81. The zero-order valence-corrected chi connectivity index (χ0v) is 34.4. The van der Waals surface area contributed by atoms with E-state index < -0.39 is 0 Å². The summed E-state index contributed by atoms with van der Waals surface area (Å²) in [5.74, 6) is 0. The maximum atomic E-state index is 6.25. The van der Waals surface area contributed by atoms with Gasteiger partial charge in [0.1, 0.15) is 11.2 Å². The van der Waals surface area contributed by atoms with Crippen LogP contribution in [0.4, 0.5) is 17.1 Å². The van der Waals surface area contributed by atoms with Crippen LogP contribution in [-0.2, 0) is 0 Å². The van der Waals surface area contributed by atoms with Crippen LogP contribution in [0.3, 0.4) is 0 Å². The van der Waals surface area contributed by atoms with Crippen molar-refractivity contribution in [1.29, 1.82) is 0 Å². The van der Waals surface area contributed by atoms with E-state index in [0.29, 0.717) is 0 Å². The van der Waals surface area contributed by atoms with E-state index in [0.717, 1.165) is 61.4 Å². The molecule has 3 nitrogen and oxygen atoms in total. The smallest absolute Gasteiger partial charge is 0.136 e. The van der Waals surface area contributed by atoms with E-state index in [1.165, 1.54) is 49.6 Å². The normalized spacial score (nSPS) is 11.5. The Kier molecular flexibility index (Phi) is 8.83. The number of nitrogens with zero attached hydrogens (tertiary/aromatic N) is 2. The number of hydrogen-bond donors (Lipinski definition) is 0. The zero-order chi connectivity index (χ0) is 41.7. The van der Waals surface area contributed by atoms with Crippen molar-refractivity contribution in [3.8, 4) is 50.2 Å². The summed E-state index contributed by atoms with van der Waals surface area (Å²) >= 11 is 0. The zero-order valence-electron chi connectivity index (χ0n) is 34.4. The molecule has 2 aromatic heterocycles. The molecule has 0 atom stereocenters. The van der Waals surface area contributed by atoms with Gasteiger partial charge in [-0.1, -0.05) is 170 Å². The molecule has 0 spiro atoms. The highest BCUT2D eigenvalue weighted by molar-refractivity contribution is 6.12. The predicted molar refractivity (Wildman–Crippen MR) is 264 cm³/mol. The lowest BCUT2D eigenvalue weighted by atomic mass is 9.98. The molecule has 12 aromatic rings. The van der Waals surface area contributed by atoms with Crippen LogP contribution < -0.4 is 4.90 Å². The Morgan fingerprint density at radius 1 is 0.286 bits per heavy atom. The third-order valence-corrected chi connectivity index (χ3v) is 12.5. The van der Waals surface area contributed by atoms with Gasteiger partial charge in [-0.05, 0) is 117 Å². The number of benzene rings is 10. The van der Waals surface area contributed by atoms with Gasteiger partial charge in [-0.3, -0.25) is 0 Å². The molecule has 0 N–H and O–H groups in total. The molecule has 0 saturated heterocycles. The summed E-state index contributed by atoms with van der Waals surface area (Å²) in [7, 11) is 0. The maximum Gasteiger partial charge on any atom is 0.136 e. The van der Waals surface area contributed by atoms with Gasteiger partial charge in [-0.25, -0.2) is 0 Å². The molecular formula is C60H40N2O. The van der Waals surface area contributed by atoms with E-state index in [1.807, 2.05) is 12.1 Å². The molecule has 0 unspecified atom stereocenters. The lowest BCUT2D eigenvalue weighted by Crippen LogP contribution is -2.09. The average Bonchev–Trinajstić information content (AvgIpc) is 3.91. The van der Waals surface area contributed by atoms with Crippen LogP contribution >= 0.6 is 0 Å². The van der Waals surface area contributed by atoms with Crippen molar-refractivity contribution in [3.63, 3.8) is 0 Å². The Balaban J connectivity index is 0.891. The van der Waals surface area contributed by atoms with Crippen LogP contribution in [0.5, 0.6) is 0 Å². The third kappa shape index (κ3) is 6.46. The second-order valence-electron chi connectivity index (χ2n) is 16.1. The van der Waals surface area contributed by atoms with Gasteiger partial charge in [0.25, 0.3) is 0 Å². The SMILES string of the molecule is c1ccc(-c2ccc(-c3ccc(N(c4ccc(-c5ccc(-n6c7ccccc7c7ccccc76)cc5)cc4)c4ccc(-c5cccc6oc7ccccc7c56)cc4)cc3)cc2)cc1. The number of anilines is 3. The molecule has 0 aliphatic rings. The molecule has 0 bridgehead atoms. The first-order valence-electron chi connectivity index (χ1n) is 21.5. The van der Waals surface area contributed by atoms with Crippen LogP contribution in [0.15, 0.2) is 247 Å². The molecule has 63 heavy (non-hydrogen) atoms. The Labute approximate surface area is 366 Å². The predicted octanol–water partition coefficient (Wildman–Crippen LogP) is 16.8. The first-order chi connectivity index (χ1) is 31.2. The highest BCUT2D eigenvalue weighted by atomic mass is 16.3. The van der Waals surface area contributed by atoms with E-state index in [-0.39, 0.29) is 0 Å². The number of aromatic nitrogens is 1. The number of rotatable bonds is 8. The van der Waals surface area contributed by atoms with Gasteiger partial charge in [0.05, 0.1) is 11.0 Å². The molecule has 0 fully saturated rings. The first-order valence-corrected chi connectivity index (χ1v) is 21.5. The summed E-state index contributed by atoms with van der Waals surface area (Å²) in [4.78, 5) is 2.34. The molecule has 0 amide bonds. The fourth-order valence-corrected chi connectivity index (χ4v) is 9.35. The van der Waals surface area contributed by atoms with Crippen molar-refractivity contribution in [2.75, 3.05) is 4.90 Å². The average molecular weight is 805 g/mol. The highest BCUT2D eigenvalue weighted by Crippen LogP contribution is 2.41. The minimum atomic E-state index is 0.899. The van der Waals surface area contributed by atoms with Crippen molar-refractivity contribution in [2.24, 2.45) is 0 Å². The van der Waals surface area contributed by atoms with E-state index in [2.05, 4.69) is 240 Å². The standard InChI is InChI=1S/C60H40N2O/c1-2-11-41(12-3-1)42-21-23-43(24-22-42)44-25-33-48(34-26-44)61(50-39-31-47(32-40-50)52-16-10-20-59-60(52)55-15-6-9-19-58(55)63-59)49-35-27-45(28-36-49)46-29-37-51(38-30-46)62-56-17-7-4-13-53(56)54-14-5-8-18-57(54)62/h1-40H. The van der Waals surface area contributed by atoms with E-state index >= 15 is 0 Å². The van der Waals surface area contributed by atoms with Crippen LogP contribution in [0, 0.1) is 0 Å². The summed E-state index contributed by atoms with van der Waals surface area (Å²) in [6.45, 7) is 0. The fourth-order valence-electron chi connectivity index (χ4n) is 9.35. The van der Waals surface area contributed by atoms with E-state index in [9.17, 15) is 0 Å². The minimum absolute atomic E-state index is 0.899. The highest BCUT2D eigenvalue weighted by Gasteiger charge is 2.17. The topological polar surface area (TPSA) is 21.3 Å². The van der Waals surface area contributed by atoms with Gasteiger partial charge in [0, 0.05) is 44.3 Å². The number of para-hydroxylation sites is 3. The summed E-state index contributed by atoms with van der Waals surface area (Å²) in [6, 6.07) is 87.0. The minimum Gasteiger partial charge on any atom is -0.456 e. The Bertz CT molecular complexity index is 3510. The second kappa shape index (κ2) is 15.3. The monoisotopic (exact) mass is 804 g/mol. The summed E-state index contributed by atoms with van der Waals surface area (Å²) < 4.78 is 8.61. The van der Waals surface area contributed by atoms with Crippen LogP contribution in [-0.4, -0.2) is 4.57 Å². The van der Waals surface area contributed by atoms with Crippen molar-refractivity contribution < 1.29 is 4.42 Å². The van der Waals surface area contributed by atoms with Gasteiger partial charge >= 0.3 is 0 Å². The quantitative estimate of drug-likeness (QED) is 0.153. The molecular weight excluding hydrogens is 765 g/mol. The molecule has 2 heterocycles. The largest absolute Gasteiger partial charge is 0.456 e. The van der Waals surface area contributed by atoms with E-state index in [1.54, 1.807) is 0 Å². The first kappa shape index (κ1) is 36.5. The molecule has 12 rings (SSSR count). The summed E-state index contributed by atoms with van der Waals surface area (Å²) in [5.41, 5.74) is 18.0. The van der Waals surface area contributed by atoms with Gasteiger partial charge in [-0.2, -0.15) is 0 Å².